The molecule has 6 nitrogen and oxygen atoms in total. The number of rotatable bonds is 3. The van der Waals surface area contributed by atoms with Gasteiger partial charge in [0.1, 0.15) is 11.6 Å². The topological polar surface area (TPSA) is 87.3 Å². The second-order valence-corrected chi connectivity index (χ2v) is 6.98. The lowest BCUT2D eigenvalue weighted by atomic mass is 9.96. The summed E-state index contributed by atoms with van der Waals surface area (Å²) in [6.45, 7) is 6.22. The molecule has 0 atom stereocenters. The van der Waals surface area contributed by atoms with E-state index in [-0.39, 0.29) is 11.0 Å². The average molecular weight is 315 g/mol. The molecule has 0 amide bonds. The van der Waals surface area contributed by atoms with Crippen LogP contribution in [0.15, 0.2) is 34.2 Å². The van der Waals surface area contributed by atoms with Crippen molar-refractivity contribution in [1.29, 1.82) is 0 Å². The smallest absolute Gasteiger partial charge is 0.258 e. The third kappa shape index (κ3) is 3.04. The van der Waals surface area contributed by atoms with Crippen LogP contribution in [0.5, 0.6) is 0 Å². The molecule has 2 heterocycles. The maximum atomic E-state index is 12.0. The number of fused-ring (bicyclic) bond motifs is 1. The molecule has 7 heteroatoms. The second kappa shape index (κ2) is 5.57. The molecule has 0 radical (unpaired) electrons. The summed E-state index contributed by atoms with van der Waals surface area (Å²) in [6, 6.07) is 7.30. The third-order valence-electron chi connectivity index (χ3n) is 3.18. The van der Waals surface area contributed by atoms with Crippen molar-refractivity contribution >= 4 is 22.7 Å². The van der Waals surface area contributed by atoms with Crippen LogP contribution in [0.4, 0.5) is 0 Å². The molecule has 0 aliphatic heterocycles. The van der Waals surface area contributed by atoms with Crippen LogP contribution >= 0.6 is 11.8 Å². The minimum atomic E-state index is -0.119. The van der Waals surface area contributed by atoms with Gasteiger partial charge in [0.05, 0.1) is 16.7 Å². The van der Waals surface area contributed by atoms with E-state index in [1.807, 2.05) is 18.2 Å². The van der Waals surface area contributed by atoms with Crippen molar-refractivity contribution in [3.8, 4) is 0 Å². The molecule has 0 spiro atoms. The highest BCUT2D eigenvalue weighted by atomic mass is 32.2. The lowest BCUT2D eigenvalue weighted by Crippen LogP contribution is -2.13. The first-order valence-electron chi connectivity index (χ1n) is 6.97. The van der Waals surface area contributed by atoms with E-state index >= 15 is 0 Å². The number of thioether (sulfide) groups is 1. The van der Waals surface area contributed by atoms with Crippen molar-refractivity contribution in [3.05, 3.63) is 46.3 Å². The molecular weight excluding hydrogens is 298 g/mol. The van der Waals surface area contributed by atoms with Crippen molar-refractivity contribution in [2.24, 2.45) is 0 Å². The van der Waals surface area contributed by atoms with Gasteiger partial charge in [0.15, 0.2) is 0 Å². The number of nitrogens with zero attached hydrogens (tertiary/aromatic N) is 3. The van der Waals surface area contributed by atoms with Crippen molar-refractivity contribution in [3.63, 3.8) is 0 Å². The Balaban J connectivity index is 1.79. The van der Waals surface area contributed by atoms with E-state index in [0.717, 1.165) is 5.82 Å². The van der Waals surface area contributed by atoms with Crippen LogP contribution in [0.3, 0.4) is 0 Å². The molecule has 0 aliphatic carbocycles. The maximum absolute atomic E-state index is 12.0. The number of aromatic nitrogens is 5. The fourth-order valence-corrected chi connectivity index (χ4v) is 2.65. The summed E-state index contributed by atoms with van der Waals surface area (Å²) in [5.41, 5.74) is 0.514. The van der Waals surface area contributed by atoms with E-state index in [4.69, 9.17) is 0 Å². The fourth-order valence-electron chi connectivity index (χ4n) is 1.98. The lowest BCUT2D eigenvalue weighted by molar-refractivity contribution is 0.547. The zero-order valence-electron chi connectivity index (χ0n) is 12.7. The van der Waals surface area contributed by atoms with E-state index in [2.05, 4.69) is 45.9 Å². The Labute approximate surface area is 131 Å². The van der Waals surface area contributed by atoms with Gasteiger partial charge in [-0.1, -0.05) is 44.7 Å². The summed E-state index contributed by atoms with van der Waals surface area (Å²) < 4.78 is 0. The van der Waals surface area contributed by atoms with Crippen LogP contribution < -0.4 is 5.56 Å². The van der Waals surface area contributed by atoms with Crippen molar-refractivity contribution in [2.45, 2.75) is 37.1 Å². The normalized spacial score (nSPS) is 12.0. The van der Waals surface area contributed by atoms with Crippen LogP contribution in [0, 0.1) is 0 Å². The first-order valence-corrected chi connectivity index (χ1v) is 7.96. The average Bonchev–Trinajstić information content (AvgIpc) is 2.94. The fraction of sp³-hybridized carbons (Fsp3) is 0.333. The molecule has 2 aromatic heterocycles. The first-order chi connectivity index (χ1) is 10.4. The van der Waals surface area contributed by atoms with Gasteiger partial charge in [0.25, 0.3) is 5.56 Å². The highest BCUT2D eigenvalue weighted by Crippen LogP contribution is 2.22. The van der Waals surface area contributed by atoms with Crippen LogP contribution in [0.2, 0.25) is 0 Å². The monoisotopic (exact) mass is 315 g/mol. The van der Waals surface area contributed by atoms with Gasteiger partial charge in [-0.3, -0.25) is 9.89 Å². The molecule has 114 valence electrons. The van der Waals surface area contributed by atoms with Crippen LogP contribution in [-0.2, 0) is 11.2 Å². The van der Waals surface area contributed by atoms with Crippen molar-refractivity contribution in [2.75, 3.05) is 0 Å². The third-order valence-corrected chi connectivity index (χ3v) is 4.03. The summed E-state index contributed by atoms with van der Waals surface area (Å²) in [5, 5.41) is 8.39. The summed E-state index contributed by atoms with van der Waals surface area (Å²) in [6.07, 6.45) is 0. The van der Waals surface area contributed by atoms with E-state index in [1.165, 1.54) is 11.8 Å². The predicted octanol–water partition coefficient (Wildman–Crippen LogP) is 2.63. The largest absolute Gasteiger partial charge is 0.309 e. The van der Waals surface area contributed by atoms with Crippen molar-refractivity contribution in [1.82, 2.24) is 25.1 Å². The van der Waals surface area contributed by atoms with Crippen LogP contribution in [-0.4, -0.2) is 25.1 Å². The van der Waals surface area contributed by atoms with Gasteiger partial charge >= 0.3 is 0 Å². The van der Waals surface area contributed by atoms with E-state index < -0.39 is 0 Å². The minimum absolute atomic E-state index is 0.0681. The summed E-state index contributed by atoms with van der Waals surface area (Å²) in [5.74, 6) is 1.98. The zero-order chi connectivity index (χ0) is 15.7. The van der Waals surface area contributed by atoms with E-state index in [1.54, 1.807) is 6.07 Å². The number of benzene rings is 1. The molecule has 2 N–H and O–H groups in total. The zero-order valence-corrected chi connectivity index (χ0v) is 13.5. The Morgan fingerprint density at radius 3 is 2.68 bits per heavy atom. The quantitative estimate of drug-likeness (QED) is 0.725. The summed E-state index contributed by atoms with van der Waals surface area (Å²) >= 11 is 1.44. The van der Waals surface area contributed by atoms with Gasteiger partial charge in [-0.05, 0) is 12.1 Å². The number of H-pyrrole nitrogens is 2. The number of aromatic amines is 2. The molecular formula is C15H17N5OS. The van der Waals surface area contributed by atoms with Gasteiger partial charge in [-0.25, -0.2) is 9.97 Å². The van der Waals surface area contributed by atoms with E-state index in [9.17, 15) is 4.79 Å². The molecule has 3 aromatic rings. The van der Waals surface area contributed by atoms with Gasteiger partial charge in [-0.15, -0.1) is 5.10 Å². The lowest BCUT2D eigenvalue weighted by Gasteiger charge is -2.12. The molecule has 3 rings (SSSR count). The summed E-state index contributed by atoms with van der Waals surface area (Å²) in [7, 11) is 0. The number of hydrogen-bond acceptors (Lipinski definition) is 5. The Morgan fingerprint density at radius 1 is 1.18 bits per heavy atom. The Kier molecular flexibility index (Phi) is 3.74. The highest BCUT2D eigenvalue weighted by Gasteiger charge is 2.18. The second-order valence-electron chi connectivity index (χ2n) is 6.04. The number of para-hydroxylation sites is 1. The summed E-state index contributed by atoms with van der Waals surface area (Å²) in [4.78, 5) is 23.7. The molecule has 0 aliphatic rings. The predicted molar refractivity (Wildman–Crippen MR) is 87.0 cm³/mol. The van der Waals surface area contributed by atoms with Gasteiger partial charge < -0.3 is 4.98 Å². The minimum Gasteiger partial charge on any atom is -0.309 e. The molecule has 0 fully saturated rings. The van der Waals surface area contributed by atoms with E-state index in [0.29, 0.717) is 27.6 Å². The standard InChI is InChI=1S/C15H17N5OS/c1-15(2,3)13-18-14(20-19-13)22-8-11-16-10-7-5-4-6-9(10)12(21)17-11/h4-7H,8H2,1-3H3,(H,16,17,21)(H,18,19,20). The van der Waals surface area contributed by atoms with Gasteiger partial charge in [-0.2, -0.15) is 0 Å². The number of hydrogen-bond donors (Lipinski definition) is 2. The molecule has 0 saturated carbocycles. The van der Waals surface area contributed by atoms with Crippen LogP contribution in [0.25, 0.3) is 10.9 Å². The SMILES string of the molecule is CC(C)(C)c1nc(SCc2nc3ccccc3c(=O)[nH]2)n[nH]1. The maximum Gasteiger partial charge on any atom is 0.258 e. The molecule has 0 saturated heterocycles. The molecule has 1 aromatic carbocycles. The number of nitrogens with one attached hydrogen (secondary N) is 2. The molecule has 0 unspecified atom stereocenters. The van der Waals surface area contributed by atoms with Gasteiger partial charge in [0, 0.05) is 5.41 Å². The van der Waals surface area contributed by atoms with Gasteiger partial charge in [0.2, 0.25) is 5.16 Å². The van der Waals surface area contributed by atoms with Crippen LogP contribution in [0.1, 0.15) is 32.4 Å². The molecule has 22 heavy (non-hydrogen) atoms. The molecule has 0 bridgehead atoms. The Morgan fingerprint density at radius 2 is 1.95 bits per heavy atom. The Bertz CT molecular complexity index is 862. The van der Waals surface area contributed by atoms with Crippen molar-refractivity contribution < 1.29 is 0 Å². The highest BCUT2D eigenvalue weighted by molar-refractivity contribution is 7.98. The first kappa shape index (κ1) is 14.8. The Hall–Kier alpha value is -2.15.